The van der Waals surface area contributed by atoms with Crippen LogP contribution in [0.4, 0.5) is 0 Å². The lowest BCUT2D eigenvalue weighted by atomic mass is 9.88. The minimum atomic E-state index is 0.543. The number of hydrogen-bond acceptors (Lipinski definition) is 1. The summed E-state index contributed by atoms with van der Waals surface area (Å²) in [5.74, 6) is 0.543. The molecule has 0 aliphatic heterocycles. The molecule has 0 fully saturated rings. The van der Waals surface area contributed by atoms with Gasteiger partial charge in [-0.2, -0.15) is 0 Å². The fraction of sp³-hybridized carbons (Fsp3) is 0.684. The van der Waals surface area contributed by atoms with Crippen LogP contribution in [0, 0.1) is 6.92 Å². The van der Waals surface area contributed by atoms with Gasteiger partial charge < -0.3 is 5.11 Å². The highest BCUT2D eigenvalue weighted by atomic mass is 16.3. The third kappa shape index (κ3) is 4.54. The van der Waals surface area contributed by atoms with Gasteiger partial charge in [0.1, 0.15) is 5.75 Å². The Kier molecular flexibility index (Phi) is 7.72. The third-order valence-corrected chi connectivity index (χ3v) is 4.28. The molecule has 1 aromatic carbocycles. The maximum absolute atomic E-state index is 10.4. The summed E-state index contributed by atoms with van der Waals surface area (Å²) in [5.41, 5.74) is 5.45. The zero-order chi connectivity index (χ0) is 15.0. The van der Waals surface area contributed by atoms with Crippen LogP contribution in [0.5, 0.6) is 5.75 Å². The number of aryl methyl sites for hydroxylation is 1. The van der Waals surface area contributed by atoms with Crippen molar-refractivity contribution in [3.63, 3.8) is 0 Å². The van der Waals surface area contributed by atoms with Crippen molar-refractivity contribution in [2.24, 2.45) is 0 Å². The van der Waals surface area contributed by atoms with Crippen molar-refractivity contribution in [1.29, 1.82) is 0 Å². The van der Waals surface area contributed by atoms with Crippen LogP contribution in [0.1, 0.15) is 81.5 Å². The molecule has 1 nitrogen and oxygen atoms in total. The topological polar surface area (TPSA) is 20.2 Å². The van der Waals surface area contributed by atoms with Crippen LogP contribution >= 0.6 is 0 Å². The zero-order valence-corrected chi connectivity index (χ0v) is 13.9. The largest absolute Gasteiger partial charge is 0.508 e. The first-order valence-corrected chi connectivity index (χ1v) is 8.48. The summed E-state index contributed by atoms with van der Waals surface area (Å²) in [6.45, 7) is 8.93. The minimum Gasteiger partial charge on any atom is -0.508 e. The molecule has 0 aromatic heterocycles. The Hall–Kier alpha value is -0.980. The Labute approximate surface area is 125 Å². The molecule has 0 heterocycles. The molecule has 0 radical (unpaired) electrons. The van der Waals surface area contributed by atoms with E-state index < -0.39 is 0 Å². The van der Waals surface area contributed by atoms with Crippen LogP contribution in [0.25, 0.3) is 0 Å². The van der Waals surface area contributed by atoms with Gasteiger partial charge >= 0.3 is 0 Å². The van der Waals surface area contributed by atoms with E-state index in [0.717, 1.165) is 19.3 Å². The van der Waals surface area contributed by atoms with Crippen molar-refractivity contribution < 1.29 is 5.11 Å². The highest BCUT2D eigenvalue weighted by Gasteiger charge is 2.14. The van der Waals surface area contributed by atoms with Gasteiger partial charge in [0.2, 0.25) is 0 Å². The van der Waals surface area contributed by atoms with Crippen molar-refractivity contribution in [1.82, 2.24) is 0 Å². The molecular formula is C19H32O. The zero-order valence-electron chi connectivity index (χ0n) is 13.9. The number of phenols is 1. The number of hydrogen-bond donors (Lipinski definition) is 1. The van der Waals surface area contributed by atoms with Gasteiger partial charge in [0.25, 0.3) is 0 Å². The average molecular weight is 276 g/mol. The lowest BCUT2D eigenvalue weighted by molar-refractivity contribution is 0.464. The number of rotatable bonds is 9. The third-order valence-electron chi connectivity index (χ3n) is 4.28. The van der Waals surface area contributed by atoms with Gasteiger partial charge in [0.15, 0.2) is 0 Å². The first-order chi connectivity index (χ1) is 9.65. The fourth-order valence-electron chi connectivity index (χ4n) is 2.89. The molecule has 0 amide bonds. The Bertz CT molecular complexity index is 407. The van der Waals surface area contributed by atoms with E-state index in [2.05, 4.69) is 27.7 Å². The molecule has 0 bridgehead atoms. The number of benzene rings is 1. The Morgan fingerprint density at radius 1 is 0.800 bits per heavy atom. The predicted octanol–water partition coefficient (Wildman–Crippen LogP) is 5.73. The van der Waals surface area contributed by atoms with E-state index in [1.165, 1.54) is 60.8 Å². The van der Waals surface area contributed by atoms with Gasteiger partial charge in [-0.15, -0.1) is 0 Å². The van der Waals surface area contributed by atoms with Gasteiger partial charge in [-0.1, -0.05) is 40.0 Å². The SMILES string of the molecule is CCCCc1cc(O)c(CCCC)c(CCCC)c1C. The molecular weight excluding hydrogens is 244 g/mol. The summed E-state index contributed by atoms with van der Waals surface area (Å²) >= 11 is 0. The summed E-state index contributed by atoms with van der Waals surface area (Å²) in [7, 11) is 0. The molecule has 0 unspecified atom stereocenters. The Morgan fingerprint density at radius 2 is 1.30 bits per heavy atom. The van der Waals surface area contributed by atoms with E-state index in [4.69, 9.17) is 0 Å². The molecule has 0 aliphatic rings. The number of phenolic OH excluding ortho intramolecular Hbond substituents is 1. The maximum Gasteiger partial charge on any atom is 0.119 e. The summed E-state index contributed by atoms with van der Waals surface area (Å²) in [6, 6.07) is 2.03. The second kappa shape index (κ2) is 9.05. The van der Waals surface area contributed by atoms with Crippen molar-refractivity contribution in [2.45, 2.75) is 85.5 Å². The molecule has 0 saturated heterocycles. The smallest absolute Gasteiger partial charge is 0.119 e. The average Bonchev–Trinajstić information content (AvgIpc) is 2.45. The summed E-state index contributed by atoms with van der Waals surface area (Å²) in [4.78, 5) is 0. The first kappa shape index (κ1) is 17.1. The van der Waals surface area contributed by atoms with Crippen LogP contribution in [0.2, 0.25) is 0 Å². The van der Waals surface area contributed by atoms with Gasteiger partial charge in [-0.05, 0) is 73.8 Å². The quantitative estimate of drug-likeness (QED) is 0.611. The van der Waals surface area contributed by atoms with Gasteiger partial charge in [0.05, 0.1) is 0 Å². The molecule has 1 aromatic rings. The molecule has 0 atom stereocenters. The molecule has 1 rings (SSSR count). The fourth-order valence-corrected chi connectivity index (χ4v) is 2.89. The van der Waals surface area contributed by atoms with E-state index in [1.54, 1.807) is 0 Å². The first-order valence-electron chi connectivity index (χ1n) is 8.48. The van der Waals surface area contributed by atoms with Crippen molar-refractivity contribution >= 4 is 0 Å². The molecule has 0 saturated carbocycles. The van der Waals surface area contributed by atoms with E-state index in [9.17, 15) is 5.11 Å². The van der Waals surface area contributed by atoms with E-state index in [1.807, 2.05) is 6.07 Å². The van der Waals surface area contributed by atoms with E-state index in [0.29, 0.717) is 5.75 Å². The molecule has 114 valence electrons. The summed E-state index contributed by atoms with van der Waals surface area (Å²) < 4.78 is 0. The van der Waals surface area contributed by atoms with Gasteiger partial charge in [0, 0.05) is 0 Å². The predicted molar refractivity (Wildman–Crippen MR) is 88.7 cm³/mol. The van der Waals surface area contributed by atoms with Crippen molar-refractivity contribution in [2.75, 3.05) is 0 Å². The molecule has 1 N–H and O–H groups in total. The molecule has 0 spiro atoms. The van der Waals surface area contributed by atoms with Crippen molar-refractivity contribution in [3.8, 4) is 5.75 Å². The van der Waals surface area contributed by atoms with Crippen LogP contribution in [-0.2, 0) is 19.3 Å². The molecule has 20 heavy (non-hydrogen) atoms. The molecule has 0 aliphatic carbocycles. The van der Waals surface area contributed by atoms with Crippen molar-refractivity contribution in [3.05, 3.63) is 28.3 Å². The minimum absolute atomic E-state index is 0.543. The Morgan fingerprint density at radius 3 is 1.85 bits per heavy atom. The lowest BCUT2D eigenvalue weighted by Crippen LogP contribution is -2.03. The summed E-state index contributed by atoms with van der Waals surface area (Å²) in [6.07, 6.45) is 10.4. The highest BCUT2D eigenvalue weighted by molar-refractivity contribution is 5.49. The highest BCUT2D eigenvalue weighted by Crippen LogP contribution is 2.31. The van der Waals surface area contributed by atoms with E-state index in [-0.39, 0.29) is 0 Å². The monoisotopic (exact) mass is 276 g/mol. The van der Waals surface area contributed by atoms with Gasteiger partial charge in [-0.3, -0.25) is 0 Å². The van der Waals surface area contributed by atoms with Gasteiger partial charge in [-0.25, -0.2) is 0 Å². The maximum atomic E-state index is 10.4. The lowest BCUT2D eigenvalue weighted by Gasteiger charge is -2.18. The number of aromatic hydroxyl groups is 1. The van der Waals surface area contributed by atoms with Crippen LogP contribution < -0.4 is 0 Å². The summed E-state index contributed by atoms with van der Waals surface area (Å²) in [5, 5.41) is 10.4. The second-order valence-electron chi connectivity index (χ2n) is 5.95. The van der Waals surface area contributed by atoms with Crippen LogP contribution in [0.15, 0.2) is 6.07 Å². The number of unbranched alkanes of at least 4 members (excludes halogenated alkanes) is 3. The normalized spacial score (nSPS) is 11.0. The molecule has 1 heteroatoms. The standard InChI is InChI=1S/C19H32O/c1-5-8-11-16-14-19(20)18(13-10-7-3)17(15(16)4)12-9-6-2/h14,20H,5-13H2,1-4H3. The Balaban J connectivity index is 3.11. The van der Waals surface area contributed by atoms with Crippen LogP contribution in [-0.4, -0.2) is 5.11 Å². The van der Waals surface area contributed by atoms with Crippen LogP contribution in [0.3, 0.4) is 0 Å². The second-order valence-corrected chi connectivity index (χ2v) is 5.95. The van der Waals surface area contributed by atoms with E-state index >= 15 is 0 Å².